The van der Waals surface area contributed by atoms with Crippen molar-refractivity contribution in [1.29, 1.82) is 5.26 Å². The Labute approximate surface area is 91.5 Å². The number of anilines is 1. The average Bonchev–Trinajstić information content (AvgIpc) is 2.29. The molecule has 0 spiro atoms. The van der Waals surface area contributed by atoms with Gasteiger partial charge < -0.3 is 15.7 Å². The van der Waals surface area contributed by atoms with Gasteiger partial charge in [-0.1, -0.05) is 0 Å². The molecule has 3 N–H and O–H groups in total. The summed E-state index contributed by atoms with van der Waals surface area (Å²) in [5, 5.41) is 21.6. The first-order valence-corrected chi connectivity index (χ1v) is 4.38. The molecule has 0 bridgehead atoms. The number of amides is 2. The number of phenols is 1. The van der Waals surface area contributed by atoms with Gasteiger partial charge in [-0.15, -0.1) is 0 Å². The fourth-order valence-corrected chi connectivity index (χ4v) is 0.933. The summed E-state index contributed by atoms with van der Waals surface area (Å²) in [5.74, 6) is -1.68. The highest BCUT2D eigenvalue weighted by Gasteiger charge is 2.12. The van der Waals surface area contributed by atoms with E-state index in [1.54, 1.807) is 6.07 Å². The maximum atomic E-state index is 11.2. The summed E-state index contributed by atoms with van der Waals surface area (Å²) in [6.45, 7) is -0.220. The predicted octanol–water partition coefficient (Wildman–Crippen LogP) is -0.0295. The van der Waals surface area contributed by atoms with Crippen LogP contribution in [0.4, 0.5) is 5.69 Å². The SMILES string of the molecule is N#CCNC(=O)C(=O)Nc1ccc(O)cc1. The van der Waals surface area contributed by atoms with E-state index in [0.29, 0.717) is 5.69 Å². The zero-order chi connectivity index (χ0) is 12.0. The third-order valence-corrected chi connectivity index (χ3v) is 1.66. The molecule has 0 heterocycles. The summed E-state index contributed by atoms with van der Waals surface area (Å²) < 4.78 is 0. The minimum absolute atomic E-state index is 0.0620. The number of phenolic OH excluding ortho intramolecular Hbond substituents is 1. The fourth-order valence-electron chi connectivity index (χ4n) is 0.933. The van der Waals surface area contributed by atoms with E-state index in [0.717, 1.165) is 0 Å². The molecule has 6 heteroatoms. The molecule has 1 rings (SSSR count). The summed E-state index contributed by atoms with van der Waals surface area (Å²) in [5.41, 5.74) is 0.384. The Kier molecular flexibility index (Phi) is 3.86. The van der Waals surface area contributed by atoms with Crippen LogP contribution in [0.2, 0.25) is 0 Å². The maximum absolute atomic E-state index is 11.2. The van der Waals surface area contributed by atoms with Gasteiger partial charge in [-0.25, -0.2) is 0 Å². The molecule has 0 saturated heterocycles. The Bertz CT molecular complexity index is 434. The second kappa shape index (κ2) is 5.36. The van der Waals surface area contributed by atoms with Crippen LogP contribution in [0, 0.1) is 11.3 Å². The van der Waals surface area contributed by atoms with Crippen molar-refractivity contribution in [3.8, 4) is 11.8 Å². The van der Waals surface area contributed by atoms with Crippen LogP contribution in [0.5, 0.6) is 5.75 Å². The van der Waals surface area contributed by atoms with Crippen LogP contribution in [-0.2, 0) is 9.59 Å². The standard InChI is InChI=1S/C10H9N3O3/c11-5-6-12-9(15)10(16)13-7-1-3-8(14)4-2-7/h1-4,14H,6H2,(H,12,15)(H,13,16). The molecule has 6 nitrogen and oxygen atoms in total. The van der Waals surface area contributed by atoms with E-state index in [1.165, 1.54) is 24.3 Å². The van der Waals surface area contributed by atoms with Crippen LogP contribution in [-0.4, -0.2) is 23.5 Å². The van der Waals surface area contributed by atoms with Crippen molar-refractivity contribution in [2.75, 3.05) is 11.9 Å². The van der Waals surface area contributed by atoms with E-state index < -0.39 is 11.8 Å². The molecule has 0 saturated carbocycles. The van der Waals surface area contributed by atoms with Gasteiger partial charge in [-0.2, -0.15) is 5.26 Å². The van der Waals surface area contributed by atoms with E-state index in [1.807, 2.05) is 0 Å². The highest BCUT2D eigenvalue weighted by molar-refractivity contribution is 6.39. The van der Waals surface area contributed by atoms with Gasteiger partial charge in [0, 0.05) is 5.69 Å². The van der Waals surface area contributed by atoms with E-state index in [2.05, 4.69) is 10.6 Å². The Morgan fingerprint density at radius 3 is 2.44 bits per heavy atom. The lowest BCUT2D eigenvalue weighted by molar-refractivity contribution is -0.136. The van der Waals surface area contributed by atoms with Crippen molar-refractivity contribution in [3.63, 3.8) is 0 Å². The Morgan fingerprint density at radius 2 is 1.88 bits per heavy atom. The van der Waals surface area contributed by atoms with Crippen molar-refractivity contribution >= 4 is 17.5 Å². The minimum atomic E-state index is -0.880. The predicted molar refractivity (Wildman–Crippen MR) is 55.4 cm³/mol. The number of rotatable bonds is 2. The lowest BCUT2D eigenvalue weighted by atomic mass is 10.3. The van der Waals surface area contributed by atoms with Crippen molar-refractivity contribution < 1.29 is 14.7 Å². The van der Waals surface area contributed by atoms with E-state index in [9.17, 15) is 9.59 Å². The number of carbonyl (C=O) groups excluding carboxylic acids is 2. The fraction of sp³-hybridized carbons (Fsp3) is 0.100. The number of hydrogen-bond donors (Lipinski definition) is 3. The molecular weight excluding hydrogens is 210 g/mol. The van der Waals surface area contributed by atoms with Crippen molar-refractivity contribution in [2.24, 2.45) is 0 Å². The normalized spacial score (nSPS) is 8.94. The molecule has 0 unspecified atom stereocenters. The quantitative estimate of drug-likeness (QED) is 0.369. The second-order valence-corrected chi connectivity index (χ2v) is 2.84. The summed E-state index contributed by atoms with van der Waals surface area (Å²) in [6.07, 6.45) is 0. The largest absolute Gasteiger partial charge is 0.508 e. The highest BCUT2D eigenvalue weighted by atomic mass is 16.3. The van der Waals surface area contributed by atoms with Gasteiger partial charge in [0.1, 0.15) is 12.3 Å². The monoisotopic (exact) mass is 219 g/mol. The van der Waals surface area contributed by atoms with Gasteiger partial charge >= 0.3 is 11.8 Å². The number of nitriles is 1. The number of nitrogens with zero attached hydrogens (tertiary/aromatic N) is 1. The van der Waals surface area contributed by atoms with Crippen molar-refractivity contribution in [2.45, 2.75) is 0 Å². The zero-order valence-electron chi connectivity index (χ0n) is 8.23. The number of hydrogen-bond acceptors (Lipinski definition) is 4. The van der Waals surface area contributed by atoms with Crippen LogP contribution in [0.3, 0.4) is 0 Å². The van der Waals surface area contributed by atoms with Gasteiger partial charge in [0.15, 0.2) is 0 Å². The molecule has 16 heavy (non-hydrogen) atoms. The molecule has 0 aromatic heterocycles. The smallest absolute Gasteiger partial charge is 0.313 e. The topological polar surface area (TPSA) is 102 Å². The van der Waals surface area contributed by atoms with Crippen LogP contribution in [0.25, 0.3) is 0 Å². The third kappa shape index (κ3) is 3.31. The molecule has 2 amide bonds. The molecule has 0 fully saturated rings. The van der Waals surface area contributed by atoms with Gasteiger partial charge in [0.05, 0.1) is 6.07 Å². The molecule has 0 aliphatic heterocycles. The number of carbonyl (C=O) groups is 2. The van der Waals surface area contributed by atoms with Crippen LogP contribution in [0.15, 0.2) is 24.3 Å². The summed E-state index contributed by atoms with van der Waals surface area (Å²) >= 11 is 0. The average molecular weight is 219 g/mol. The second-order valence-electron chi connectivity index (χ2n) is 2.84. The molecular formula is C10H9N3O3. The lowest BCUT2D eigenvalue weighted by Crippen LogP contribution is -2.35. The first-order valence-electron chi connectivity index (χ1n) is 4.38. The molecule has 0 aliphatic rings. The Hall–Kier alpha value is -2.55. The number of aromatic hydroxyl groups is 1. The first-order chi connectivity index (χ1) is 7.63. The first kappa shape index (κ1) is 11.5. The summed E-state index contributed by atoms with van der Waals surface area (Å²) in [6, 6.07) is 7.33. The molecule has 82 valence electrons. The molecule has 1 aromatic carbocycles. The molecule has 0 aliphatic carbocycles. The van der Waals surface area contributed by atoms with Crippen LogP contribution >= 0.6 is 0 Å². The van der Waals surface area contributed by atoms with Gasteiger partial charge in [-0.3, -0.25) is 9.59 Å². The molecule has 1 aromatic rings. The van der Waals surface area contributed by atoms with Crippen molar-refractivity contribution in [3.05, 3.63) is 24.3 Å². The van der Waals surface area contributed by atoms with E-state index >= 15 is 0 Å². The van der Waals surface area contributed by atoms with E-state index in [4.69, 9.17) is 10.4 Å². The zero-order valence-corrected chi connectivity index (χ0v) is 8.23. The van der Waals surface area contributed by atoms with Crippen LogP contribution < -0.4 is 10.6 Å². The minimum Gasteiger partial charge on any atom is -0.508 e. The number of benzene rings is 1. The van der Waals surface area contributed by atoms with Crippen LogP contribution in [0.1, 0.15) is 0 Å². The number of nitrogens with one attached hydrogen (secondary N) is 2. The third-order valence-electron chi connectivity index (χ3n) is 1.66. The van der Waals surface area contributed by atoms with Gasteiger partial charge in [0.2, 0.25) is 0 Å². The summed E-state index contributed by atoms with van der Waals surface area (Å²) in [7, 11) is 0. The van der Waals surface area contributed by atoms with Gasteiger partial charge in [0.25, 0.3) is 0 Å². The maximum Gasteiger partial charge on any atom is 0.313 e. The Balaban J connectivity index is 2.55. The van der Waals surface area contributed by atoms with Gasteiger partial charge in [-0.05, 0) is 24.3 Å². The summed E-state index contributed by atoms with van der Waals surface area (Å²) in [4.78, 5) is 22.3. The Morgan fingerprint density at radius 1 is 1.25 bits per heavy atom. The van der Waals surface area contributed by atoms with Crippen molar-refractivity contribution in [1.82, 2.24) is 5.32 Å². The highest BCUT2D eigenvalue weighted by Crippen LogP contribution is 2.13. The molecule has 0 radical (unpaired) electrons. The molecule has 0 atom stereocenters. The lowest BCUT2D eigenvalue weighted by Gasteiger charge is -2.04. The van der Waals surface area contributed by atoms with E-state index in [-0.39, 0.29) is 12.3 Å².